The molecular weight excluding hydrogens is 521 g/mol. The van der Waals surface area contributed by atoms with Gasteiger partial charge in [-0.3, -0.25) is 9.59 Å². The molecule has 1 saturated carbocycles. The molecule has 2 aliphatic rings. The molecule has 2 N–H and O–H groups in total. The number of nitrogens with zero attached hydrogens (tertiary/aromatic N) is 4. The first kappa shape index (κ1) is 27.9. The van der Waals surface area contributed by atoms with E-state index < -0.39 is 29.1 Å². The van der Waals surface area contributed by atoms with Crippen molar-refractivity contribution >= 4 is 29.0 Å². The first-order chi connectivity index (χ1) is 17.7. The van der Waals surface area contributed by atoms with E-state index in [-0.39, 0.29) is 45.1 Å². The van der Waals surface area contributed by atoms with Crippen LogP contribution in [0.5, 0.6) is 0 Å². The third-order valence-electron chi connectivity index (χ3n) is 7.11. The van der Waals surface area contributed by atoms with E-state index in [1.54, 1.807) is 4.90 Å². The Bertz CT molecular complexity index is 1240. The van der Waals surface area contributed by atoms with Crippen LogP contribution in [0.25, 0.3) is 10.4 Å². The molecule has 38 heavy (non-hydrogen) atoms. The molecule has 2 aromatic heterocycles. The number of aromatic nitrogens is 2. The number of carbonyl (C=O) groups is 2. The smallest absolute Gasteiger partial charge is 0.365 e. The van der Waals surface area contributed by atoms with Gasteiger partial charge in [-0.05, 0) is 65.9 Å². The van der Waals surface area contributed by atoms with Gasteiger partial charge in [0.15, 0.2) is 5.01 Å². The molecular formula is C25H31F3N6O3S. The number of halogens is 3. The van der Waals surface area contributed by atoms with Gasteiger partial charge in [0, 0.05) is 36.4 Å². The normalized spacial score (nSPS) is 19.1. The Labute approximate surface area is 222 Å². The highest BCUT2D eigenvalue weighted by Gasteiger charge is 2.39. The summed E-state index contributed by atoms with van der Waals surface area (Å²) in [5.74, 6) is -1.15. The van der Waals surface area contributed by atoms with Crippen molar-refractivity contribution in [2.75, 3.05) is 18.4 Å². The molecule has 0 spiro atoms. The number of nitrogens with one attached hydrogen (secondary N) is 2. The molecule has 1 saturated heterocycles. The number of likely N-dealkylation sites (tertiary alicyclic amines) is 1. The Kier molecular flexibility index (Phi) is 7.52. The summed E-state index contributed by atoms with van der Waals surface area (Å²) in [4.78, 5) is 47.3. The predicted molar refractivity (Wildman–Crippen MR) is 138 cm³/mol. The third-order valence-corrected chi connectivity index (χ3v) is 8.19. The zero-order valence-electron chi connectivity index (χ0n) is 21.7. The first-order valence-corrected chi connectivity index (χ1v) is 13.3. The molecule has 0 unspecified atom stereocenters. The van der Waals surface area contributed by atoms with Crippen LogP contribution < -0.4 is 10.6 Å². The van der Waals surface area contributed by atoms with Crippen molar-refractivity contribution < 1.29 is 22.8 Å². The molecule has 1 aliphatic heterocycles. The molecule has 2 fully saturated rings. The highest BCUT2D eigenvalue weighted by molar-refractivity contribution is 7.17. The lowest BCUT2D eigenvalue weighted by Crippen LogP contribution is -2.41. The number of hydrogen-bond acceptors (Lipinski definition) is 8. The minimum absolute atomic E-state index is 0.0757. The molecule has 0 aromatic carbocycles. The topological polar surface area (TPSA) is 117 Å². The van der Waals surface area contributed by atoms with Gasteiger partial charge in [0.25, 0.3) is 11.8 Å². The van der Waals surface area contributed by atoms with Crippen LogP contribution in [-0.4, -0.2) is 56.9 Å². The van der Waals surface area contributed by atoms with Crippen LogP contribution >= 0.6 is 11.3 Å². The highest BCUT2D eigenvalue weighted by atomic mass is 32.1. The summed E-state index contributed by atoms with van der Waals surface area (Å²) < 4.78 is 42.9. The Hall–Kier alpha value is -3.09. The molecule has 2 amide bonds. The Morgan fingerprint density at radius 1 is 1.26 bits per heavy atom. The second-order valence-electron chi connectivity index (χ2n) is 10.9. The molecule has 0 bridgehead atoms. The average Bonchev–Trinajstić information content (AvgIpc) is 3.47. The summed E-state index contributed by atoms with van der Waals surface area (Å²) >= 11 is 0.692. The standard InChI is InChI=1S/C25H31F3N6O3S/c1-14-7-5-10-34(14)22(36)18-19(38-21(31-18)20(35)30-13-23(2,3)33-37)15-12-29-17(11-16(15)25(26,27)28)32-24(4)8-6-9-24/h11-12,14H,5-10,13H2,1-4H3,(H,29,32)(H,30,35)/t14-/m0/s1. The van der Waals surface area contributed by atoms with Gasteiger partial charge in [-0.15, -0.1) is 11.3 Å². The molecule has 4 rings (SSSR count). The molecule has 0 radical (unpaired) electrons. The third kappa shape index (κ3) is 5.82. The Morgan fingerprint density at radius 2 is 1.97 bits per heavy atom. The zero-order chi connectivity index (χ0) is 27.9. The van der Waals surface area contributed by atoms with Gasteiger partial charge < -0.3 is 15.5 Å². The molecule has 13 heteroatoms. The SMILES string of the molecule is C[C@H]1CCCN1C(=O)c1nc(C(=O)NCC(C)(C)N=O)sc1-c1cnc(NC2(C)CCC2)cc1C(F)(F)F. The number of carbonyl (C=O) groups excluding carboxylic acids is 2. The largest absolute Gasteiger partial charge is 0.417 e. The fourth-order valence-electron chi connectivity index (χ4n) is 4.60. The monoisotopic (exact) mass is 552 g/mol. The summed E-state index contributed by atoms with van der Waals surface area (Å²) in [6.07, 6.45) is 0.514. The summed E-state index contributed by atoms with van der Waals surface area (Å²) in [6, 6.07) is 0.840. The van der Waals surface area contributed by atoms with Crippen LogP contribution in [0.3, 0.4) is 0 Å². The summed E-state index contributed by atoms with van der Waals surface area (Å²) in [7, 11) is 0. The maximum Gasteiger partial charge on any atom is 0.417 e. The minimum atomic E-state index is -4.75. The second-order valence-corrected chi connectivity index (χ2v) is 11.9. The van der Waals surface area contributed by atoms with Gasteiger partial charge in [0.05, 0.1) is 10.4 Å². The van der Waals surface area contributed by atoms with Crippen molar-refractivity contribution in [1.29, 1.82) is 0 Å². The molecule has 1 atom stereocenters. The first-order valence-electron chi connectivity index (χ1n) is 12.5. The van der Waals surface area contributed by atoms with E-state index in [0.29, 0.717) is 17.9 Å². The number of anilines is 1. The van der Waals surface area contributed by atoms with Crippen LogP contribution in [0.1, 0.15) is 85.7 Å². The number of nitroso groups, excluding NO2 is 1. The van der Waals surface area contributed by atoms with E-state index in [9.17, 15) is 27.7 Å². The quantitative estimate of drug-likeness (QED) is 0.419. The summed E-state index contributed by atoms with van der Waals surface area (Å²) in [6.45, 7) is 7.19. The Balaban J connectivity index is 1.77. The van der Waals surface area contributed by atoms with Gasteiger partial charge in [0.1, 0.15) is 17.1 Å². The lowest BCUT2D eigenvalue weighted by Gasteiger charge is -2.39. The van der Waals surface area contributed by atoms with Gasteiger partial charge in [-0.2, -0.15) is 18.1 Å². The zero-order valence-corrected chi connectivity index (χ0v) is 22.6. The van der Waals surface area contributed by atoms with Crippen LogP contribution in [0.4, 0.5) is 19.0 Å². The molecule has 1 aliphatic carbocycles. The number of thiazole rings is 1. The van der Waals surface area contributed by atoms with E-state index in [1.165, 1.54) is 13.8 Å². The van der Waals surface area contributed by atoms with Crippen molar-refractivity contribution in [3.63, 3.8) is 0 Å². The fourth-order valence-corrected chi connectivity index (χ4v) is 5.60. The van der Waals surface area contributed by atoms with Crippen molar-refractivity contribution in [2.45, 2.75) is 83.1 Å². The fraction of sp³-hybridized carbons (Fsp3) is 0.600. The summed E-state index contributed by atoms with van der Waals surface area (Å²) in [5.41, 5.74) is -2.91. The number of rotatable bonds is 8. The van der Waals surface area contributed by atoms with Gasteiger partial charge >= 0.3 is 6.18 Å². The van der Waals surface area contributed by atoms with E-state index in [1.807, 2.05) is 13.8 Å². The Morgan fingerprint density at radius 3 is 2.53 bits per heavy atom. The van der Waals surface area contributed by atoms with E-state index in [4.69, 9.17) is 0 Å². The molecule has 3 heterocycles. The van der Waals surface area contributed by atoms with E-state index in [2.05, 4.69) is 25.8 Å². The number of hydrogen-bond donors (Lipinski definition) is 2. The van der Waals surface area contributed by atoms with Crippen LogP contribution in [0, 0.1) is 4.91 Å². The maximum absolute atomic E-state index is 14.3. The maximum atomic E-state index is 14.3. The number of amides is 2. The van der Waals surface area contributed by atoms with Gasteiger partial charge in [-0.1, -0.05) is 5.18 Å². The lowest BCUT2D eigenvalue weighted by atomic mass is 9.78. The second kappa shape index (κ2) is 10.2. The van der Waals surface area contributed by atoms with Crippen LogP contribution in [0.15, 0.2) is 17.4 Å². The van der Waals surface area contributed by atoms with Crippen molar-refractivity contribution in [3.05, 3.63) is 33.4 Å². The van der Waals surface area contributed by atoms with E-state index >= 15 is 0 Å². The van der Waals surface area contributed by atoms with Crippen molar-refractivity contribution in [2.24, 2.45) is 5.18 Å². The van der Waals surface area contributed by atoms with E-state index in [0.717, 1.165) is 44.4 Å². The molecule has 2 aromatic rings. The molecule has 206 valence electrons. The predicted octanol–water partition coefficient (Wildman–Crippen LogP) is 5.48. The van der Waals surface area contributed by atoms with Crippen LogP contribution in [-0.2, 0) is 6.18 Å². The average molecular weight is 553 g/mol. The van der Waals surface area contributed by atoms with Gasteiger partial charge in [-0.25, -0.2) is 9.97 Å². The molecule has 9 nitrogen and oxygen atoms in total. The summed E-state index contributed by atoms with van der Waals surface area (Å²) in [5, 5.41) is 8.39. The number of pyridine rings is 1. The van der Waals surface area contributed by atoms with Crippen molar-refractivity contribution in [1.82, 2.24) is 20.2 Å². The number of alkyl halides is 3. The highest BCUT2D eigenvalue weighted by Crippen LogP contribution is 2.43. The lowest BCUT2D eigenvalue weighted by molar-refractivity contribution is -0.137. The van der Waals surface area contributed by atoms with Crippen molar-refractivity contribution in [3.8, 4) is 10.4 Å². The van der Waals surface area contributed by atoms with Crippen LogP contribution in [0.2, 0.25) is 0 Å². The van der Waals surface area contributed by atoms with Gasteiger partial charge in [0.2, 0.25) is 0 Å². The minimum Gasteiger partial charge on any atom is -0.365 e.